The van der Waals surface area contributed by atoms with Crippen LogP contribution in [0.2, 0.25) is 0 Å². The van der Waals surface area contributed by atoms with Gasteiger partial charge in [0.1, 0.15) is 0 Å². The van der Waals surface area contributed by atoms with Gasteiger partial charge < -0.3 is 0 Å². The zero-order valence-corrected chi connectivity index (χ0v) is 33.3. The first kappa shape index (κ1) is 33.4. The van der Waals surface area contributed by atoms with E-state index in [0.29, 0.717) is 0 Å². The second-order valence-electron chi connectivity index (χ2n) is 17.6. The summed E-state index contributed by atoms with van der Waals surface area (Å²) in [5, 5.41) is 7.85. The summed E-state index contributed by atoms with van der Waals surface area (Å²) in [4.78, 5) is 0. The molecule has 58 heavy (non-hydrogen) atoms. The predicted octanol–water partition coefficient (Wildman–Crippen LogP) is 15.9. The van der Waals surface area contributed by atoms with Crippen LogP contribution in [0.25, 0.3) is 99.1 Å². The smallest absolute Gasteiger partial charge is 0.0159 e. The average molecular weight is 739 g/mol. The van der Waals surface area contributed by atoms with Crippen LogP contribution in [-0.4, -0.2) is 0 Å². The molecule has 0 N–H and O–H groups in total. The zero-order valence-electron chi connectivity index (χ0n) is 33.3. The van der Waals surface area contributed by atoms with Gasteiger partial charge in [-0.05, 0) is 140 Å². The summed E-state index contributed by atoms with van der Waals surface area (Å²) in [5.41, 5.74) is 21.1. The Balaban J connectivity index is 1.17. The van der Waals surface area contributed by atoms with E-state index in [0.717, 1.165) is 0 Å². The van der Waals surface area contributed by atoms with Gasteiger partial charge in [-0.3, -0.25) is 0 Å². The molecule has 274 valence electrons. The van der Waals surface area contributed by atoms with E-state index in [1.54, 1.807) is 0 Å². The SMILES string of the molecule is CC1(C)c2ccccc2-c2c1cc1c(c2-c2ccc3ccc4c(-c5cc(-c6ccccc6)cc(-c6ccccc6)c5)ccc5ccc2c3c54)-c2ccccc2C1(C)C. The molecule has 2 aliphatic carbocycles. The number of benzene rings is 10. The minimum absolute atomic E-state index is 0.119. The van der Waals surface area contributed by atoms with Crippen LogP contribution in [0.1, 0.15) is 49.9 Å². The molecule has 0 saturated carbocycles. The lowest BCUT2D eigenvalue weighted by Gasteiger charge is -2.27. The van der Waals surface area contributed by atoms with Gasteiger partial charge in [0.05, 0.1) is 0 Å². The zero-order chi connectivity index (χ0) is 38.9. The summed E-state index contributed by atoms with van der Waals surface area (Å²) < 4.78 is 0. The molecule has 0 unspecified atom stereocenters. The first-order chi connectivity index (χ1) is 28.3. The van der Waals surface area contributed by atoms with Crippen molar-refractivity contribution >= 4 is 32.3 Å². The monoisotopic (exact) mass is 738 g/mol. The van der Waals surface area contributed by atoms with Gasteiger partial charge >= 0.3 is 0 Å². The van der Waals surface area contributed by atoms with Gasteiger partial charge in [0.15, 0.2) is 0 Å². The summed E-state index contributed by atoms with van der Waals surface area (Å²) in [6.45, 7) is 9.68. The van der Waals surface area contributed by atoms with E-state index < -0.39 is 0 Å². The highest BCUT2D eigenvalue weighted by atomic mass is 14.5. The van der Waals surface area contributed by atoms with E-state index in [1.165, 1.54) is 121 Å². The fraction of sp³-hybridized carbons (Fsp3) is 0.103. The lowest BCUT2D eigenvalue weighted by atomic mass is 9.75. The quantitative estimate of drug-likeness (QED) is 0.158. The van der Waals surface area contributed by atoms with E-state index in [-0.39, 0.29) is 10.8 Å². The van der Waals surface area contributed by atoms with E-state index in [9.17, 15) is 0 Å². The van der Waals surface area contributed by atoms with Crippen molar-refractivity contribution in [2.45, 2.75) is 38.5 Å². The van der Waals surface area contributed by atoms with Crippen molar-refractivity contribution in [1.29, 1.82) is 0 Å². The first-order valence-corrected chi connectivity index (χ1v) is 20.7. The molecular formula is C58H42. The molecule has 0 fully saturated rings. The van der Waals surface area contributed by atoms with Crippen LogP contribution in [-0.2, 0) is 10.8 Å². The van der Waals surface area contributed by atoms with Gasteiger partial charge in [-0.1, -0.05) is 191 Å². The highest BCUT2D eigenvalue weighted by Gasteiger charge is 2.44. The van der Waals surface area contributed by atoms with E-state index >= 15 is 0 Å². The molecule has 0 amide bonds. The molecule has 12 rings (SSSR count). The van der Waals surface area contributed by atoms with Crippen molar-refractivity contribution < 1.29 is 0 Å². The van der Waals surface area contributed by atoms with Crippen molar-refractivity contribution in [2.75, 3.05) is 0 Å². The van der Waals surface area contributed by atoms with Crippen LogP contribution in [0, 0.1) is 0 Å². The van der Waals surface area contributed by atoms with Crippen LogP contribution in [0.5, 0.6) is 0 Å². The second kappa shape index (κ2) is 11.9. The van der Waals surface area contributed by atoms with E-state index in [4.69, 9.17) is 0 Å². The summed E-state index contributed by atoms with van der Waals surface area (Å²) in [6.07, 6.45) is 0. The molecule has 10 aromatic rings. The Bertz CT molecular complexity index is 3170. The van der Waals surface area contributed by atoms with Crippen LogP contribution in [0.15, 0.2) is 182 Å². The lowest BCUT2D eigenvalue weighted by molar-refractivity contribution is 0.639. The fourth-order valence-electron chi connectivity index (χ4n) is 10.9. The largest absolute Gasteiger partial charge is 0.0622 e. The van der Waals surface area contributed by atoms with Crippen molar-refractivity contribution in [3.05, 3.63) is 204 Å². The highest BCUT2D eigenvalue weighted by molar-refractivity contribution is 6.28. The number of hydrogen-bond donors (Lipinski definition) is 0. The molecule has 0 aromatic heterocycles. The van der Waals surface area contributed by atoms with Crippen LogP contribution < -0.4 is 0 Å². The Labute approximate surface area is 340 Å². The molecule has 0 bridgehead atoms. The molecular weight excluding hydrogens is 697 g/mol. The minimum Gasteiger partial charge on any atom is -0.0622 e. The van der Waals surface area contributed by atoms with Gasteiger partial charge in [-0.25, -0.2) is 0 Å². The third-order valence-electron chi connectivity index (χ3n) is 13.8. The average Bonchev–Trinajstić information content (AvgIpc) is 3.64. The van der Waals surface area contributed by atoms with Crippen molar-refractivity contribution in [3.8, 4) is 66.8 Å². The Hall–Kier alpha value is -6.76. The first-order valence-electron chi connectivity index (χ1n) is 20.7. The molecule has 0 aliphatic heterocycles. The third kappa shape index (κ3) is 4.52. The van der Waals surface area contributed by atoms with Crippen molar-refractivity contribution in [1.82, 2.24) is 0 Å². The number of hydrogen-bond acceptors (Lipinski definition) is 0. The van der Waals surface area contributed by atoms with Crippen LogP contribution in [0.4, 0.5) is 0 Å². The van der Waals surface area contributed by atoms with E-state index in [1.807, 2.05) is 0 Å². The number of fused-ring (bicyclic) bond motifs is 6. The maximum absolute atomic E-state index is 2.57. The molecule has 0 spiro atoms. The molecule has 10 aromatic carbocycles. The summed E-state index contributed by atoms with van der Waals surface area (Å²) in [7, 11) is 0. The molecule has 0 atom stereocenters. The maximum atomic E-state index is 2.57. The van der Waals surface area contributed by atoms with Crippen LogP contribution >= 0.6 is 0 Å². The Kier molecular flexibility index (Phi) is 6.84. The maximum Gasteiger partial charge on any atom is 0.0159 e. The molecule has 0 heterocycles. The summed E-state index contributed by atoms with van der Waals surface area (Å²) in [6, 6.07) is 68.6. The normalized spacial score (nSPS) is 14.5. The van der Waals surface area contributed by atoms with Gasteiger partial charge in [0.2, 0.25) is 0 Å². The molecule has 0 radical (unpaired) electrons. The Morgan fingerprint density at radius 1 is 0.276 bits per heavy atom. The van der Waals surface area contributed by atoms with Crippen molar-refractivity contribution in [2.24, 2.45) is 0 Å². The minimum atomic E-state index is -0.119. The lowest BCUT2D eigenvalue weighted by Crippen LogP contribution is -2.19. The van der Waals surface area contributed by atoms with Crippen LogP contribution in [0.3, 0.4) is 0 Å². The standard InChI is InChI=1S/C58H42/c1-57(2)48-21-13-11-19-46(48)54-50(57)34-51-55(47-20-12-14-22-49(47)58(51,3)4)56(54)45-30-26-38-24-28-43-42(27-23-37-25-29-44(45)53(38)52(37)43)41-32-39(35-15-7-5-8-16-35)31-40(33-41)36-17-9-6-10-18-36/h5-34H,1-4H3. The van der Waals surface area contributed by atoms with Gasteiger partial charge in [-0.2, -0.15) is 0 Å². The Morgan fingerprint density at radius 3 is 1.21 bits per heavy atom. The molecule has 0 heteroatoms. The van der Waals surface area contributed by atoms with Gasteiger partial charge in [0.25, 0.3) is 0 Å². The topological polar surface area (TPSA) is 0 Å². The predicted molar refractivity (Wildman–Crippen MR) is 247 cm³/mol. The molecule has 0 nitrogen and oxygen atoms in total. The van der Waals surface area contributed by atoms with Crippen molar-refractivity contribution in [3.63, 3.8) is 0 Å². The summed E-state index contributed by atoms with van der Waals surface area (Å²) >= 11 is 0. The third-order valence-corrected chi connectivity index (χ3v) is 13.8. The molecule has 2 aliphatic rings. The fourth-order valence-corrected chi connectivity index (χ4v) is 10.9. The second-order valence-corrected chi connectivity index (χ2v) is 17.6. The van der Waals surface area contributed by atoms with E-state index in [2.05, 4.69) is 210 Å². The summed E-state index contributed by atoms with van der Waals surface area (Å²) in [5.74, 6) is 0. The number of rotatable bonds is 4. The Morgan fingerprint density at radius 2 is 0.690 bits per heavy atom. The highest BCUT2D eigenvalue weighted by Crippen LogP contribution is 2.61. The van der Waals surface area contributed by atoms with Gasteiger partial charge in [0, 0.05) is 10.8 Å². The molecule has 0 saturated heterocycles. The van der Waals surface area contributed by atoms with Gasteiger partial charge in [-0.15, -0.1) is 0 Å².